The molecule has 22 heavy (non-hydrogen) atoms. The van der Waals surface area contributed by atoms with E-state index in [2.05, 4.69) is 10.2 Å². The summed E-state index contributed by atoms with van der Waals surface area (Å²) < 4.78 is 5.77. The molecule has 1 aliphatic heterocycles. The topological polar surface area (TPSA) is 55.3 Å². The second kappa shape index (κ2) is 6.70. The zero-order valence-corrected chi connectivity index (χ0v) is 13.1. The van der Waals surface area contributed by atoms with Crippen molar-refractivity contribution in [3.05, 3.63) is 46.3 Å². The van der Waals surface area contributed by atoms with Gasteiger partial charge in [0.15, 0.2) is 0 Å². The first kappa shape index (κ1) is 14.7. The monoisotopic (exact) mass is 315 g/mol. The number of hydrogen-bond donors (Lipinski definition) is 0. The quantitative estimate of drug-likeness (QED) is 0.814. The van der Waals surface area contributed by atoms with E-state index in [9.17, 15) is 4.79 Å². The first-order valence-corrected chi connectivity index (χ1v) is 8.06. The summed E-state index contributed by atoms with van der Waals surface area (Å²) in [5.41, 5.74) is 0.856. The Bertz CT molecular complexity index is 653. The molecule has 0 bridgehead atoms. The fourth-order valence-corrected chi connectivity index (χ4v) is 2.91. The molecule has 0 saturated carbocycles. The van der Waals surface area contributed by atoms with Crippen LogP contribution in [-0.4, -0.2) is 40.2 Å². The van der Waals surface area contributed by atoms with Gasteiger partial charge < -0.3 is 9.64 Å². The lowest BCUT2D eigenvalue weighted by Gasteiger charge is -2.15. The molecular weight excluding hydrogens is 298 g/mol. The van der Waals surface area contributed by atoms with E-state index in [4.69, 9.17) is 4.74 Å². The Labute approximate surface area is 133 Å². The normalized spacial score (nSPS) is 18.0. The van der Waals surface area contributed by atoms with Crippen molar-refractivity contribution in [2.24, 2.45) is 0 Å². The Kier molecular flexibility index (Phi) is 4.48. The molecule has 2 aromatic rings. The minimum absolute atomic E-state index is 0.0175. The van der Waals surface area contributed by atoms with Crippen molar-refractivity contribution in [2.75, 3.05) is 13.1 Å². The maximum atomic E-state index is 12.1. The molecule has 1 amide bonds. The summed E-state index contributed by atoms with van der Waals surface area (Å²) in [5.74, 6) is 0.536. The lowest BCUT2D eigenvalue weighted by atomic mass is 10.3. The maximum Gasteiger partial charge on any atom is 0.246 e. The first-order chi connectivity index (χ1) is 10.7. The Hall–Kier alpha value is -2.21. The molecular formula is C16H17N3O2S. The SMILES string of the molecule is Cc1ccc(OC2CCN(C(=O)C=Cc3cccs3)C2)nn1. The van der Waals surface area contributed by atoms with Gasteiger partial charge in [-0.15, -0.1) is 16.4 Å². The Morgan fingerprint density at radius 2 is 2.32 bits per heavy atom. The molecule has 3 heterocycles. The smallest absolute Gasteiger partial charge is 0.246 e. The number of carbonyl (C=O) groups excluding carboxylic acids is 1. The number of thiophene rings is 1. The summed E-state index contributed by atoms with van der Waals surface area (Å²) in [5, 5.41) is 9.95. The number of likely N-dealkylation sites (tertiary alicyclic amines) is 1. The molecule has 0 aromatic carbocycles. The van der Waals surface area contributed by atoms with Gasteiger partial charge in [0.05, 0.1) is 12.2 Å². The van der Waals surface area contributed by atoms with Crippen LogP contribution in [0.2, 0.25) is 0 Å². The minimum Gasteiger partial charge on any atom is -0.471 e. The van der Waals surface area contributed by atoms with Gasteiger partial charge in [0.1, 0.15) is 6.10 Å². The molecule has 1 atom stereocenters. The van der Waals surface area contributed by atoms with E-state index < -0.39 is 0 Å². The third-order valence-corrected chi connectivity index (χ3v) is 4.29. The van der Waals surface area contributed by atoms with E-state index in [0.29, 0.717) is 19.0 Å². The highest BCUT2D eigenvalue weighted by Gasteiger charge is 2.26. The van der Waals surface area contributed by atoms with E-state index in [1.54, 1.807) is 22.3 Å². The van der Waals surface area contributed by atoms with Crippen LogP contribution in [0.1, 0.15) is 17.0 Å². The van der Waals surface area contributed by atoms with Gasteiger partial charge in [-0.1, -0.05) is 6.07 Å². The number of ether oxygens (including phenoxy) is 1. The summed E-state index contributed by atoms with van der Waals surface area (Å²) in [4.78, 5) is 15.0. The fourth-order valence-electron chi connectivity index (χ4n) is 2.29. The van der Waals surface area contributed by atoms with Crippen molar-refractivity contribution in [3.63, 3.8) is 0 Å². The van der Waals surface area contributed by atoms with E-state index >= 15 is 0 Å². The molecule has 0 radical (unpaired) electrons. The lowest BCUT2D eigenvalue weighted by Crippen LogP contribution is -2.29. The van der Waals surface area contributed by atoms with Gasteiger partial charge in [-0.3, -0.25) is 4.79 Å². The van der Waals surface area contributed by atoms with Gasteiger partial charge in [-0.2, -0.15) is 5.10 Å². The van der Waals surface area contributed by atoms with Crippen molar-refractivity contribution in [3.8, 4) is 5.88 Å². The Morgan fingerprint density at radius 3 is 3.05 bits per heavy atom. The number of aryl methyl sites for hydroxylation is 1. The van der Waals surface area contributed by atoms with Gasteiger partial charge >= 0.3 is 0 Å². The van der Waals surface area contributed by atoms with Crippen molar-refractivity contribution in [1.29, 1.82) is 0 Å². The van der Waals surface area contributed by atoms with Gasteiger partial charge in [-0.25, -0.2) is 0 Å². The maximum absolute atomic E-state index is 12.1. The largest absolute Gasteiger partial charge is 0.471 e. The van der Waals surface area contributed by atoms with Crippen LogP contribution < -0.4 is 4.74 Å². The van der Waals surface area contributed by atoms with Crippen LogP contribution in [0.3, 0.4) is 0 Å². The number of amides is 1. The van der Waals surface area contributed by atoms with Crippen LogP contribution in [0, 0.1) is 6.92 Å². The van der Waals surface area contributed by atoms with Crippen LogP contribution >= 0.6 is 11.3 Å². The van der Waals surface area contributed by atoms with Crippen molar-refractivity contribution < 1.29 is 9.53 Å². The second-order valence-corrected chi connectivity index (χ2v) is 6.15. The summed E-state index contributed by atoms with van der Waals surface area (Å²) in [6.45, 7) is 3.17. The summed E-state index contributed by atoms with van der Waals surface area (Å²) in [7, 11) is 0. The van der Waals surface area contributed by atoms with Crippen LogP contribution in [0.15, 0.2) is 35.7 Å². The molecule has 3 rings (SSSR count). The third-order valence-electron chi connectivity index (χ3n) is 3.45. The van der Waals surface area contributed by atoms with Gasteiger partial charge in [0, 0.05) is 30.0 Å². The van der Waals surface area contributed by atoms with Crippen LogP contribution in [0.25, 0.3) is 6.08 Å². The molecule has 6 heteroatoms. The molecule has 0 spiro atoms. The number of carbonyl (C=O) groups is 1. The molecule has 1 unspecified atom stereocenters. The predicted octanol–water partition coefficient (Wildman–Crippen LogP) is 2.54. The van der Waals surface area contributed by atoms with Gasteiger partial charge in [0.25, 0.3) is 0 Å². The van der Waals surface area contributed by atoms with Gasteiger partial charge in [-0.05, 0) is 30.5 Å². The highest BCUT2D eigenvalue weighted by molar-refractivity contribution is 7.10. The highest BCUT2D eigenvalue weighted by atomic mass is 32.1. The Morgan fingerprint density at radius 1 is 1.41 bits per heavy atom. The van der Waals surface area contributed by atoms with Crippen LogP contribution in [0.4, 0.5) is 0 Å². The second-order valence-electron chi connectivity index (χ2n) is 5.17. The van der Waals surface area contributed by atoms with Crippen LogP contribution in [-0.2, 0) is 4.79 Å². The molecule has 2 aromatic heterocycles. The molecule has 0 aliphatic carbocycles. The molecule has 1 fully saturated rings. The van der Waals surface area contributed by atoms with Crippen molar-refractivity contribution >= 4 is 23.3 Å². The molecule has 0 N–H and O–H groups in total. The molecule has 1 aliphatic rings. The zero-order chi connectivity index (χ0) is 15.4. The van der Waals surface area contributed by atoms with E-state index in [1.165, 1.54) is 0 Å². The molecule has 114 valence electrons. The minimum atomic E-state index is -0.0175. The Balaban J connectivity index is 1.53. The van der Waals surface area contributed by atoms with E-state index in [1.807, 2.05) is 42.6 Å². The predicted molar refractivity (Wildman–Crippen MR) is 85.7 cm³/mol. The highest BCUT2D eigenvalue weighted by Crippen LogP contribution is 2.17. The van der Waals surface area contributed by atoms with Gasteiger partial charge in [0.2, 0.25) is 11.8 Å². The average molecular weight is 315 g/mol. The van der Waals surface area contributed by atoms with E-state index in [-0.39, 0.29) is 12.0 Å². The number of rotatable bonds is 4. The molecule has 1 saturated heterocycles. The summed E-state index contributed by atoms with van der Waals surface area (Å²) in [6.07, 6.45) is 4.27. The summed E-state index contributed by atoms with van der Waals surface area (Å²) in [6, 6.07) is 7.63. The number of hydrogen-bond acceptors (Lipinski definition) is 5. The number of aromatic nitrogens is 2. The zero-order valence-electron chi connectivity index (χ0n) is 12.3. The third kappa shape index (κ3) is 3.71. The average Bonchev–Trinajstić information content (AvgIpc) is 3.19. The lowest BCUT2D eigenvalue weighted by molar-refractivity contribution is -0.125. The van der Waals surface area contributed by atoms with Crippen molar-refractivity contribution in [1.82, 2.24) is 15.1 Å². The first-order valence-electron chi connectivity index (χ1n) is 7.18. The standard InChI is InChI=1S/C16H17N3O2S/c1-12-4-6-15(18-17-12)21-13-8-9-19(11-13)16(20)7-5-14-3-2-10-22-14/h2-7,10,13H,8-9,11H2,1H3. The fraction of sp³-hybridized carbons (Fsp3) is 0.312. The summed E-state index contributed by atoms with van der Waals surface area (Å²) >= 11 is 1.61. The number of nitrogens with zero attached hydrogens (tertiary/aromatic N) is 3. The van der Waals surface area contributed by atoms with Crippen LogP contribution in [0.5, 0.6) is 5.88 Å². The molecule has 5 nitrogen and oxygen atoms in total. The van der Waals surface area contributed by atoms with E-state index in [0.717, 1.165) is 17.0 Å². The van der Waals surface area contributed by atoms with Crippen molar-refractivity contribution in [2.45, 2.75) is 19.4 Å².